The largest absolute Gasteiger partial charge is 0.381 e. The number of pyridine rings is 2. The molecule has 2 aliphatic heterocycles. The molecule has 0 bridgehead atoms. The van der Waals surface area contributed by atoms with Gasteiger partial charge in [0.15, 0.2) is 0 Å². The molecule has 8 nitrogen and oxygen atoms in total. The van der Waals surface area contributed by atoms with Crippen LogP contribution in [0.4, 0.5) is 11.6 Å². The summed E-state index contributed by atoms with van der Waals surface area (Å²) >= 11 is 6.70. The van der Waals surface area contributed by atoms with Gasteiger partial charge in [-0.25, -0.2) is 4.98 Å². The fourth-order valence-electron chi connectivity index (χ4n) is 5.99. The smallest absolute Gasteiger partial charge is 0.261 e. The van der Waals surface area contributed by atoms with Crippen molar-refractivity contribution in [1.29, 1.82) is 0 Å². The summed E-state index contributed by atoms with van der Waals surface area (Å²) in [6.45, 7) is 6.16. The second-order valence-electron chi connectivity index (χ2n) is 10.9. The molecule has 0 aliphatic carbocycles. The highest BCUT2D eigenvalue weighted by atomic mass is 35.5. The lowest BCUT2D eigenvalue weighted by atomic mass is 9.91. The topological polar surface area (TPSA) is 85.2 Å². The highest BCUT2D eigenvalue weighted by Gasteiger charge is 2.21. The van der Waals surface area contributed by atoms with Crippen LogP contribution in [0.2, 0.25) is 5.02 Å². The van der Waals surface area contributed by atoms with Crippen LogP contribution in [0.3, 0.4) is 0 Å². The molecule has 0 radical (unpaired) electrons. The Labute approximate surface area is 239 Å². The van der Waals surface area contributed by atoms with Crippen molar-refractivity contribution in [1.82, 2.24) is 24.4 Å². The minimum Gasteiger partial charge on any atom is -0.381 e. The van der Waals surface area contributed by atoms with Crippen molar-refractivity contribution in [3.63, 3.8) is 0 Å². The van der Waals surface area contributed by atoms with Crippen molar-refractivity contribution in [3.05, 3.63) is 75.3 Å². The standard InChI is InChI=1S/C31H35ClN6O2/c1-3-38-29-24(15-26(30(38)39)28-27(32)16-23(17-33-28)21-10-13-40-14-11-21)18-34-31(36-29)35-25-8-6-20(7-9-25)22-5-4-12-37(2)19-22/h6-9,15-18,21-22H,3-5,10-14,19H2,1-2H3,(H,34,35,36). The zero-order valence-electron chi connectivity index (χ0n) is 23.1. The molecule has 1 unspecified atom stereocenters. The van der Waals surface area contributed by atoms with E-state index in [1.54, 1.807) is 16.8 Å². The van der Waals surface area contributed by atoms with Gasteiger partial charge < -0.3 is 15.0 Å². The summed E-state index contributed by atoms with van der Waals surface area (Å²) in [4.78, 5) is 29.9. The number of aryl methyl sites for hydroxylation is 1. The first kappa shape index (κ1) is 26.9. The van der Waals surface area contributed by atoms with Gasteiger partial charge in [-0.3, -0.25) is 14.3 Å². The maximum Gasteiger partial charge on any atom is 0.261 e. The van der Waals surface area contributed by atoms with E-state index in [0.29, 0.717) is 46.3 Å². The van der Waals surface area contributed by atoms with E-state index in [-0.39, 0.29) is 5.56 Å². The molecule has 9 heteroatoms. The summed E-state index contributed by atoms with van der Waals surface area (Å²) in [6.07, 6.45) is 7.95. The van der Waals surface area contributed by atoms with Crippen LogP contribution in [-0.2, 0) is 11.3 Å². The second-order valence-corrected chi connectivity index (χ2v) is 11.3. The number of piperidine rings is 1. The molecule has 2 fully saturated rings. The molecule has 1 atom stereocenters. The van der Waals surface area contributed by atoms with E-state index in [1.165, 1.54) is 24.9 Å². The lowest BCUT2D eigenvalue weighted by Gasteiger charge is -2.30. The number of hydrogen-bond donors (Lipinski definition) is 1. The first-order chi connectivity index (χ1) is 19.5. The number of ether oxygens (including phenoxy) is 1. The van der Waals surface area contributed by atoms with E-state index in [4.69, 9.17) is 21.3 Å². The van der Waals surface area contributed by atoms with Gasteiger partial charge in [-0.05, 0) is 93.4 Å². The summed E-state index contributed by atoms with van der Waals surface area (Å²) in [5.74, 6) is 1.39. The number of hydrogen-bond acceptors (Lipinski definition) is 7. The number of nitrogens with zero attached hydrogens (tertiary/aromatic N) is 5. The summed E-state index contributed by atoms with van der Waals surface area (Å²) < 4.78 is 7.14. The molecule has 2 aliphatic rings. The van der Waals surface area contributed by atoms with E-state index in [0.717, 1.165) is 49.2 Å². The Hall–Kier alpha value is -3.33. The molecule has 40 heavy (non-hydrogen) atoms. The van der Waals surface area contributed by atoms with Gasteiger partial charge in [0.2, 0.25) is 5.95 Å². The number of halogens is 1. The molecule has 4 aromatic rings. The molecular weight excluding hydrogens is 524 g/mol. The number of anilines is 2. The van der Waals surface area contributed by atoms with E-state index in [1.807, 2.05) is 19.2 Å². The molecule has 0 amide bonds. The molecular formula is C31H35ClN6O2. The van der Waals surface area contributed by atoms with Crippen LogP contribution >= 0.6 is 11.6 Å². The fraction of sp³-hybridized carbons (Fsp3) is 0.419. The lowest BCUT2D eigenvalue weighted by molar-refractivity contribution is 0.0853. The van der Waals surface area contributed by atoms with E-state index < -0.39 is 0 Å². The van der Waals surface area contributed by atoms with E-state index in [2.05, 4.69) is 51.5 Å². The quantitative estimate of drug-likeness (QED) is 0.312. The predicted molar refractivity (Wildman–Crippen MR) is 160 cm³/mol. The van der Waals surface area contributed by atoms with Gasteiger partial charge in [0.05, 0.1) is 16.3 Å². The first-order valence-corrected chi connectivity index (χ1v) is 14.6. The Morgan fingerprint density at radius 3 is 2.55 bits per heavy atom. The van der Waals surface area contributed by atoms with Crippen LogP contribution in [0.1, 0.15) is 55.6 Å². The van der Waals surface area contributed by atoms with Gasteiger partial charge in [-0.1, -0.05) is 23.7 Å². The number of likely N-dealkylation sites (tertiary alicyclic amines) is 1. The van der Waals surface area contributed by atoms with E-state index in [9.17, 15) is 4.79 Å². The molecule has 0 spiro atoms. The molecule has 2 saturated heterocycles. The van der Waals surface area contributed by atoms with Crippen molar-refractivity contribution < 1.29 is 4.74 Å². The molecule has 208 valence electrons. The minimum atomic E-state index is -0.172. The van der Waals surface area contributed by atoms with Gasteiger partial charge >= 0.3 is 0 Å². The van der Waals surface area contributed by atoms with Crippen LogP contribution in [-0.4, -0.2) is 57.8 Å². The Morgan fingerprint density at radius 2 is 1.82 bits per heavy atom. The summed E-state index contributed by atoms with van der Waals surface area (Å²) in [6, 6.07) is 12.3. The monoisotopic (exact) mass is 558 g/mol. The Balaban J connectivity index is 1.27. The normalized spacial score (nSPS) is 18.7. The SMILES string of the molecule is CCn1c(=O)c(-c2ncc(C3CCOCC3)cc2Cl)cc2cnc(Nc3ccc(C4CCCN(C)C4)cc3)nc21. The summed E-state index contributed by atoms with van der Waals surface area (Å²) in [5.41, 5.74) is 4.70. The predicted octanol–water partition coefficient (Wildman–Crippen LogP) is 5.97. The first-order valence-electron chi connectivity index (χ1n) is 14.2. The molecule has 1 N–H and O–H groups in total. The number of aromatic nitrogens is 4. The van der Waals surface area contributed by atoms with Crippen LogP contribution < -0.4 is 10.9 Å². The Kier molecular flexibility index (Phi) is 7.82. The molecule has 1 aromatic carbocycles. The second kappa shape index (κ2) is 11.6. The van der Waals surface area contributed by atoms with Crippen LogP contribution in [0.5, 0.6) is 0 Å². The number of likely N-dealkylation sites (N-methyl/N-ethyl adjacent to an activating group) is 1. The third-order valence-electron chi connectivity index (χ3n) is 8.22. The van der Waals surface area contributed by atoms with Gasteiger partial charge in [0.25, 0.3) is 5.56 Å². The number of benzene rings is 1. The maximum atomic E-state index is 13.6. The van der Waals surface area contributed by atoms with Gasteiger partial charge in [-0.15, -0.1) is 0 Å². The van der Waals surface area contributed by atoms with Crippen molar-refractivity contribution >= 4 is 34.3 Å². The number of fused-ring (bicyclic) bond motifs is 1. The minimum absolute atomic E-state index is 0.172. The van der Waals surface area contributed by atoms with Crippen molar-refractivity contribution in [3.8, 4) is 11.3 Å². The number of nitrogens with one attached hydrogen (secondary N) is 1. The van der Waals surface area contributed by atoms with Crippen LogP contribution in [0, 0.1) is 0 Å². The summed E-state index contributed by atoms with van der Waals surface area (Å²) in [7, 11) is 2.19. The Bertz CT molecular complexity index is 1570. The van der Waals surface area contributed by atoms with Gasteiger partial charge in [0.1, 0.15) is 5.65 Å². The third kappa shape index (κ3) is 5.48. The maximum absolute atomic E-state index is 13.6. The van der Waals surface area contributed by atoms with Crippen molar-refractivity contribution in [2.75, 3.05) is 38.7 Å². The van der Waals surface area contributed by atoms with Gasteiger partial charge in [-0.2, -0.15) is 4.98 Å². The number of rotatable bonds is 6. The van der Waals surface area contributed by atoms with Crippen LogP contribution in [0.15, 0.2) is 53.6 Å². The van der Waals surface area contributed by atoms with Crippen molar-refractivity contribution in [2.45, 2.75) is 51.0 Å². The zero-order valence-corrected chi connectivity index (χ0v) is 23.8. The summed E-state index contributed by atoms with van der Waals surface area (Å²) in [5, 5.41) is 4.54. The average Bonchev–Trinajstić information content (AvgIpc) is 2.98. The zero-order chi connectivity index (χ0) is 27.6. The van der Waals surface area contributed by atoms with Crippen molar-refractivity contribution in [2.24, 2.45) is 0 Å². The highest BCUT2D eigenvalue weighted by molar-refractivity contribution is 6.33. The molecule has 5 heterocycles. The molecule has 6 rings (SSSR count). The van der Waals surface area contributed by atoms with Crippen LogP contribution in [0.25, 0.3) is 22.3 Å². The van der Waals surface area contributed by atoms with E-state index >= 15 is 0 Å². The van der Waals surface area contributed by atoms with Gasteiger partial charge in [0, 0.05) is 49.8 Å². The Morgan fingerprint density at radius 1 is 1.02 bits per heavy atom. The third-order valence-corrected chi connectivity index (χ3v) is 8.50. The molecule has 0 saturated carbocycles. The highest BCUT2D eigenvalue weighted by Crippen LogP contribution is 2.32. The molecule has 3 aromatic heterocycles. The average molecular weight is 559 g/mol. The lowest BCUT2D eigenvalue weighted by Crippen LogP contribution is -2.30. The fourth-order valence-corrected chi connectivity index (χ4v) is 6.27.